The topological polar surface area (TPSA) is 102 Å². The number of rotatable bonds is 7. The van der Waals surface area contributed by atoms with Gasteiger partial charge in [-0.1, -0.05) is 41.4 Å². The smallest absolute Gasteiger partial charge is 0.329 e. The average Bonchev–Trinajstić information content (AvgIpc) is 3.06. The number of carbonyl (C=O) groups excluding carboxylic acids is 2. The zero-order valence-electron chi connectivity index (χ0n) is 18.5. The minimum atomic E-state index is -0.490. The third kappa shape index (κ3) is 5.70. The highest BCUT2D eigenvalue weighted by Crippen LogP contribution is 2.36. The van der Waals surface area contributed by atoms with Gasteiger partial charge >= 0.3 is 6.03 Å². The van der Waals surface area contributed by atoms with Crippen molar-refractivity contribution in [1.82, 2.24) is 10.2 Å². The van der Waals surface area contributed by atoms with Gasteiger partial charge in [0, 0.05) is 12.1 Å². The summed E-state index contributed by atoms with van der Waals surface area (Å²) in [5.74, 6) is -0.0442. The highest BCUT2D eigenvalue weighted by Gasteiger charge is 2.33. The number of nitrogens with one attached hydrogen (secondary N) is 1. The lowest BCUT2D eigenvalue weighted by Gasteiger charge is -2.12. The molecule has 0 aliphatic carbocycles. The van der Waals surface area contributed by atoms with Crippen LogP contribution in [0.1, 0.15) is 22.3 Å². The van der Waals surface area contributed by atoms with Gasteiger partial charge in [0.05, 0.1) is 21.0 Å². The molecule has 8 nitrogen and oxygen atoms in total. The fourth-order valence-electron chi connectivity index (χ4n) is 3.55. The highest BCUT2D eigenvalue weighted by atomic mass is 79.9. The van der Waals surface area contributed by atoms with E-state index in [0.29, 0.717) is 20.8 Å². The van der Waals surface area contributed by atoms with Gasteiger partial charge in [0.25, 0.3) is 11.6 Å². The molecule has 0 bridgehead atoms. The Bertz CT molecular complexity index is 1330. The number of nitro groups is 1. The summed E-state index contributed by atoms with van der Waals surface area (Å²) in [4.78, 5) is 36.7. The number of nitrogens with zero attached hydrogens (tertiary/aromatic N) is 2. The Hall–Kier alpha value is -3.69. The normalized spacial score (nSPS) is 14.4. The Morgan fingerprint density at radius 2 is 1.86 bits per heavy atom. The molecule has 1 fully saturated rings. The van der Waals surface area contributed by atoms with Gasteiger partial charge in [-0.05, 0) is 69.9 Å². The summed E-state index contributed by atoms with van der Waals surface area (Å²) in [6, 6.07) is 16.5. The van der Waals surface area contributed by atoms with E-state index in [-0.39, 0.29) is 24.5 Å². The second kappa shape index (κ2) is 10.3. The van der Waals surface area contributed by atoms with Gasteiger partial charge in [-0.15, -0.1) is 0 Å². The molecule has 1 heterocycles. The number of benzene rings is 3. The van der Waals surface area contributed by atoms with Crippen LogP contribution in [0, 0.1) is 17.0 Å². The molecule has 0 atom stereocenters. The van der Waals surface area contributed by atoms with Crippen LogP contribution in [-0.4, -0.2) is 21.8 Å². The van der Waals surface area contributed by atoms with Gasteiger partial charge in [0.2, 0.25) is 0 Å². The fraction of sp³-hybridized carbons (Fsp3) is 0.120. The van der Waals surface area contributed by atoms with E-state index < -0.39 is 16.9 Å². The van der Waals surface area contributed by atoms with Crippen molar-refractivity contribution in [2.75, 3.05) is 0 Å². The Morgan fingerprint density at radius 1 is 1.11 bits per heavy atom. The first-order chi connectivity index (χ1) is 16.7. The monoisotopic (exact) mass is 555 g/mol. The third-order valence-electron chi connectivity index (χ3n) is 5.25. The van der Waals surface area contributed by atoms with Crippen LogP contribution in [0.15, 0.2) is 70.8 Å². The SMILES string of the molecule is Cc1cccc(CN2C(=O)N/C(=C/c3cc(Cl)c(OCc4ccc([N+](=O)[O-])cc4)c(Br)c3)C2=O)c1. The number of halogens is 2. The van der Waals surface area contributed by atoms with Gasteiger partial charge in [-0.3, -0.25) is 19.8 Å². The fourth-order valence-corrected chi connectivity index (χ4v) is 4.53. The Labute approximate surface area is 214 Å². The van der Waals surface area contributed by atoms with E-state index in [9.17, 15) is 19.7 Å². The first-order valence-corrected chi connectivity index (χ1v) is 11.6. The molecule has 0 radical (unpaired) electrons. The number of hydrogen-bond donors (Lipinski definition) is 1. The molecule has 3 aromatic rings. The van der Waals surface area contributed by atoms with Gasteiger partial charge in [-0.2, -0.15) is 0 Å². The van der Waals surface area contributed by atoms with Gasteiger partial charge < -0.3 is 10.1 Å². The number of amides is 3. The lowest BCUT2D eigenvalue weighted by molar-refractivity contribution is -0.384. The number of imide groups is 1. The molecule has 1 N–H and O–H groups in total. The van der Waals surface area contributed by atoms with Crippen LogP contribution < -0.4 is 10.1 Å². The lowest BCUT2D eigenvalue weighted by Crippen LogP contribution is -2.30. The van der Waals surface area contributed by atoms with E-state index in [1.54, 1.807) is 30.3 Å². The summed E-state index contributed by atoms with van der Waals surface area (Å²) >= 11 is 9.84. The van der Waals surface area contributed by atoms with E-state index in [2.05, 4.69) is 21.2 Å². The van der Waals surface area contributed by atoms with Crippen LogP contribution in [0.4, 0.5) is 10.5 Å². The largest absolute Gasteiger partial charge is 0.486 e. The van der Waals surface area contributed by atoms with Crippen molar-refractivity contribution in [3.05, 3.63) is 108 Å². The number of ether oxygens (including phenoxy) is 1. The number of nitro benzene ring substituents is 1. The molecule has 10 heteroatoms. The van der Waals surface area contributed by atoms with Crippen LogP contribution in [-0.2, 0) is 17.9 Å². The number of non-ortho nitro benzene ring substituents is 1. The van der Waals surface area contributed by atoms with E-state index in [1.807, 2.05) is 31.2 Å². The molecule has 178 valence electrons. The number of carbonyl (C=O) groups is 2. The van der Waals surface area contributed by atoms with Crippen molar-refractivity contribution in [3.63, 3.8) is 0 Å². The molecular weight excluding hydrogens is 538 g/mol. The molecule has 1 saturated heterocycles. The lowest BCUT2D eigenvalue weighted by atomic mass is 10.1. The van der Waals surface area contributed by atoms with Crippen molar-refractivity contribution in [2.45, 2.75) is 20.1 Å². The maximum absolute atomic E-state index is 12.8. The van der Waals surface area contributed by atoms with Crippen molar-refractivity contribution >= 4 is 51.2 Å². The summed E-state index contributed by atoms with van der Waals surface area (Å²) in [5.41, 5.74) is 3.36. The molecule has 0 spiro atoms. The predicted octanol–water partition coefficient (Wildman–Crippen LogP) is 5.99. The van der Waals surface area contributed by atoms with Crippen LogP contribution in [0.2, 0.25) is 5.02 Å². The molecule has 0 aromatic heterocycles. The minimum Gasteiger partial charge on any atom is -0.486 e. The molecule has 3 aromatic carbocycles. The van der Waals surface area contributed by atoms with E-state index in [1.165, 1.54) is 12.1 Å². The van der Waals surface area contributed by atoms with E-state index in [0.717, 1.165) is 21.6 Å². The summed E-state index contributed by atoms with van der Waals surface area (Å²) in [6.45, 7) is 2.27. The molecule has 0 saturated carbocycles. The zero-order valence-corrected chi connectivity index (χ0v) is 20.8. The van der Waals surface area contributed by atoms with Crippen molar-refractivity contribution < 1.29 is 19.2 Å². The van der Waals surface area contributed by atoms with Crippen molar-refractivity contribution in [1.29, 1.82) is 0 Å². The van der Waals surface area contributed by atoms with E-state index >= 15 is 0 Å². The zero-order chi connectivity index (χ0) is 25.1. The summed E-state index contributed by atoms with van der Waals surface area (Å²) in [6.07, 6.45) is 1.55. The average molecular weight is 557 g/mol. The second-order valence-corrected chi connectivity index (χ2v) is 9.16. The maximum atomic E-state index is 12.8. The molecule has 0 unspecified atom stereocenters. The number of urea groups is 1. The molecule has 3 amide bonds. The third-order valence-corrected chi connectivity index (χ3v) is 6.12. The van der Waals surface area contributed by atoms with Crippen LogP contribution in [0.5, 0.6) is 5.75 Å². The molecular formula is C25H19BrClN3O5. The molecule has 35 heavy (non-hydrogen) atoms. The standard InChI is InChI=1S/C25H19BrClN3O5/c1-15-3-2-4-17(9-15)13-29-24(31)22(28-25(29)32)12-18-10-20(26)23(21(27)11-18)35-14-16-5-7-19(8-6-16)30(33)34/h2-12H,13-14H2,1H3,(H,28,32)/b22-12+. The Morgan fingerprint density at radius 3 is 2.51 bits per heavy atom. The Balaban J connectivity index is 1.47. The molecule has 1 aliphatic rings. The summed E-state index contributed by atoms with van der Waals surface area (Å²) in [5, 5.41) is 13.7. The van der Waals surface area contributed by atoms with Gasteiger partial charge in [-0.25, -0.2) is 4.79 Å². The van der Waals surface area contributed by atoms with E-state index in [4.69, 9.17) is 16.3 Å². The maximum Gasteiger partial charge on any atom is 0.329 e. The first kappa shape index (κ1) is 24.4. The Kier molecular flexibility index (Phi) is 7.18. The predicted molar refractivity (Wildman–Crippen MR) is 135 cm³/mol. The van der Waals surface area contributed by atoms with Crippen LogP contribution in [0.25, 0.3) is 6.08 Å². The summed E-state index contributed by atoms with van der Waals surface area (Å²) in [7, 11) is 0. The van der Waals surface area contributed by atoms with Gasteiger partial charge in [0.1, 0.15) is 12.3 Å². The number of aryl methyl sites for hydroxylation is 1. The van der Waals surface area contributed by atoms with Crippen molar-refractivity contribution in [2.24, 2.45) is 0 Å². The summed E-state index contributed by atoms with van der Waals surface area (Å²) < 4.78 is 6.34. The van der Waals surface area contributed by atoms with Crippen LogP contribution in [0.3, 0.4) is 0 Å². The molecule has 1 aliphatic heterocycles. The quantitative estimate of drug-likeness (QED) is 0.167. The van der Waals surface area contributed by atoms with Crippen LogP contribution >= 0.6 is 27.5 Å². The molecule has 4 rings (SSSR count). The van der Waals surface area contributed by atoms with Gasteiger partial charge in [0.15, 0.2) is 5.75 Å². The number of hydrogen-bond acceptors (Lipinski definition) is 5. The minimum absolute atomic E-state index is 0.00338. The van der Waals surface area contributed by atoms with Crippen molar-refractivity contribution in [3.8, 4) is 5.75 Å². The second-order valence-electron chi connectivity index (χ2n) is 7.89. The first-order valence-electron chi connectivity index (χ1n) is 10.5. The highest BCUT2D eigenvalue weighted by molar-refractivity contribution is 9.10.